The molecule has 1 heterocycles. The third-order valence-electron chi connectivity index (χ3n) is 8.04. The van der Waals surface area contributed by atoms with Crippen molar-refractivity contribution in [2.75, 3.05) is 16.8 Å². The maximum Gasteiger partial charge on any atom is 0.111 e. The van der Waals surface area contributed by atoms with Gasteiger partial charge in [-0.1, -0.05) is 114 Å². The smallest absolute Gasteiger partial charge is 0.111 e. The van der Waals surface area contributed by atoms with Crippen molar-refractivity contribution >= 4 is 22.6 Å². The lowest BCUT2D eigenvalue weighted by molar-refractivity contribution is 0.590. The number of nitrogens with two attached hydrogens (primary N) is 1. The third-order valence-corrected chi connectivity index (χ3v) is 8.04. The number of para-hydroxylation sites is 1. The molecule has 0 radical (unpaired) electrons. The van der Waals surface area contributed by atoms with Gasteiger partial charge in [0, 0.05) is 41.8 Å². The molecular formula is C38H43N3. The van der Waals surface area contributed by atoms with E-state index in [0.29, 0.717) is 5.82 Å². The van der Waals surface area contributed by atoms with Crippen molar-refractivity contribution in [3.63, 3.8) is 0 Å². The van der Waals surface area contributed by atoms with Crippen LogP contribution in [-0.4, -0.2) is 7.05 Å². The first-order valence-electron chi connectivity index (χ1n) is 14.5. The van der Waals surface area contributed by atoms with Crippen molar-refractivity contribution in [1.29, 1.82) is 0 Å². The van der Waals surface area contributed by atoms with Gasteiger partial charge in [-0.3, -0.25) is 0 Å². The molecule has 41 heavy (non-hydrogen) atoms. The largest absolute Gasteiger partial charge is 0.385 e. The Labute approximate surface area is 246 Å². The maximum atomic E-state index is 7.03. The minimum atomic E-state index is 0.101. The second-order valence-electron chi connectivity index (χ2n) is 13.1. The lowest BCUT2D eigenvalue weighted by Gasteiger charge is -2.26. The summed E-state index contributed by atoms with van der Waals surface area (Å²) in [5.41, 5.74) is 17.9. The van der Waals surface area contributed by atoms with E-state index in [-0.39, 0.29) is 10.8 Å². The number of anilines is 3. The average Bonchev–Trinajstić information content (AvgIpc) is 3.33. The van der Waals surface area contributed by atoms with Crippen molar-refractivity contribution in [3.8, 4) is 0 Å². The highest BCUT2D eigenvalue weighted by Crippen LogP contribution is 2.42. The monoisotopic (exact) mass is 541 g/mol. The summed E-state index contributed by atoms with van der Waals surface area (Å²) in [6, 6.07) is 36.9. The molecule has 0 bridgehead atoms. The van der Waals surface area contributed by atoms with Crippen LogP contribution in [0.3, 0.4) is 0 Å². The minimum Gasteiger partial charge on any atom is -0.385 e. The normalized spacial score (nSPS) is 15.1. The molecule has 0 aliphatic carbocycles. The van der Waals surface area contributed by atoms with Crippen LogP contribution in [0.2, 0.25) is 0 Å². The summed E-state index contributed by atoms with van der Waals surface area (Å²) in [5.74, 6) is 0.714. The van der Waals surface area contributed by atoms with E-state index >= 15 is 0 Å². The molecule has 3 nitrogen and oxygen atoms in total. The molecular weight excluding hydrogens is 498 g/mol. The molecule has 2 N–H and O–H groups in total. The van der Waals surface area contributed by atoms with Crippen LogP contribution in [0, 0.1) is 0 Å². The van der Waals surface area contributed by atoms with Crippen LogP contribution in [0.15, 0.2) is 121 Å². The molecule has 1 aliphatic heterocycles. The van der Waals surface area contributed by atoms with Crippen molar-refractivity contribution in [1.82, 2.24) is 0 Å². The summed E-state index contributed by atoms with van der Waals surface area (Å²) in [5, 5.41) is 0. The number of hydrogen-bond acceptors (Lipinski definition) is 3. The van der Waals surface area contributed by atoms with E-state index in [1.807, 2.05) is 6.07 Å². The highest BCUT2D eigenvalue weighted by atomic mass is 15.2. The number of nitrogens with zero attached hydrogens (tertiary/aromatic N) is 2. The van der Waals surface area contributed by atoms with Gasteiger partial charge in [-0.05, 0) is 69.5 Å². The number of allylic oxidation sites excluding steroid dienone is 3. The van der Waals surface area contributed by atoms with E-state index in [9.17, 15) is 0 Å². The van der Waals surface area contributed by atoms with Gasteiger partial charge in [0.2, 0.25) is 0 Å². The Hall–Kier alpha value is -4.24. The molecule has 0 amide bonds. The molecule has 210 valence electrons. The lowest BCUT2D eigenvalue weighted by Crippen LogP contribution is -2.25. The number of rotatable bonds is 5. The van der Waals surface area contributed by atoms with Crippen molar-refractivity contribution < 1.29 is 0 Å². The first kappa shape index (κ1) is 28.3. The Morgan fingerprint density at radius 2 is 1.24 bits per heavy atom. The summed E-state index contributed by atoms with van der Waals surface area (Å²) >= 11 is 0. The van der Waals surface area contributed by atoms with E-state index in [2.05, 4.69) is 162 Å². The summed E-state index contributed by atoms with van der Waals surface area (Å²) < 4.78 is 0. The molecule has 0 aromatic heterocycles. The molecule has 0 unspecified atom stereocenters. The fourth-order valence-electron chi connectivity index (χ4n) is 5.43. The van der Waals surface area contributed by atoms with Crippen LogP contribution in [0.25, 0.3) is 5.57 Å². The predicted molar refractivity (Wildman–Crippen MR) is 177 cm³/mol. The molecule has 3 heteroatoms. The van der Waals surface area contributed by atoms with Gasteiger partial charge in [0.25, 0.3) is 0 Å². The summed E-state index contributed by atoms with van der Waals surface area (Å²) in [4.78, 5) is 4.48. The zero-order chi connectivity index (χ0) is 29.4. The van der Waals surface area contributed by atoms with E-state index in [1.54, 1.807) is 0 Å². The summed E-state index contributed by atoms with van der Waals surface area (Å²) in [6.45, 7) is 13.5. The molecule has 0 atom stereocenters. The molecule has 0 saturated heterocycles. The van der Waals surface area contributed by atoms with Crippen LogP contribution in [0.4, 0.5) is 17.1 Å². The molecule has 4 aromatic rings. The van der Waals surface area contributed by atoms with Crippen molar-refractivity contribution in [3.05, 3.63) is 143 Å². The minimum absolute atomic E-state index is 0.101. The first-order chi connectivity index (χ1) is 19.4. The molecule has 0 spiro atoms. The van der Waals surface area contributed by atoms with Crippen LogP contribution in [-0.2, 0) is 17.3 Å². The summed E-state index contributed by atoms with van der Waals surface area (Å²) in [7, 11) is 2.05. The van der Waals surface area contributed by atoms with Crippen LogP contribution in [0.5, 0.6) is 0 Å². The van der Waals surface area contributed by atoms with Crippen molar-refractivity contribution in [2.45, 2.75) is 58.8 Å². The highest BCUT2D eigenvalue weighted by Gasteiger charge is 2.27. The van der Waals surface area contributed by atoms with Crippen LogP contribution in [0.1, 0.15) is 63.8 Å². The van der Waals surface area contributed by atoms with Gasteiger partial charge in [-0.2, -0.15) is 0 Å². The zero-order valence-corrected chi connectivity index (χ0v) is 25.6. The van der Waals surface area contributed by atoms with Gasteiger partial charge in [0.15, 0.2) is 0 Å². The SMILES string of the molecule is CN(/C(N)=C(/C=C1\Cc2ccccc2N1c1ccc(C(C)(C)C)cc1)c1ccccc1)c1ccc(C(C)(C)C)cc1. The summed E-state index contributed by atoms with van der Waals surface area (Å²) in [6.07, 6.45) is 3.12. The Morgan fingerprint density at radius 1 is 0.707 bits per heavy atom. The van der Waals surface area contributed by atoms with E-state index in [0.717, 1.165) is 28.9 Å². The van der Waals surface area contributed by atoms with Crippen molar-refractivity contribution in [2.24, 2.45) is 5.73 Å². The van der Waals surface area contributed by atoms with Crippen LogP contribution < -0.4 is 15.5 Å². The Bertz CT molecular complexity index is 1560. The first-order valence-corrected chi connectivity index (χ1v) is 14.5. The second kappa shape index (κ2) is 11.0. The average molecular weight is 542 g/mol. The topological polar surface area (TPSA) is 32.5 Å². The number of fused-ring (bicyclic) bond motifs is 1. The van der Waals surface area contributed by atoms with Gasteiger partial charge in [-0.15, -0.1) is 0 Å². The molecule has 4 aromatic carbocycles. The quantitative estimate of drug-likeness (QED) is 0.273. The zero-order valence-electron chi connectivity index (χ0n) is 25.6. The van der Waals surface area contributed by atoms with E-state index < -0.39 is 0 Å². The molecule has 1 aliphatic rings. The standard InChI is InChI=1S/C38H43N3/c1-37(2,3)29-17-21-31(22-18-29)40(7)36(39)34(27-13-9-8-10-14-27)26-33-25-28-15-11-12-16-35(28)41(33)32-23-19-30(20-24-32)38(4,5)6/h8-24,26H,25,39H2,1-7H3/b33-26+,36-34-. The molecule has 5 rings (SSSR count). The maximum absolute atomic E-state index is 7.03. The second-order valence-corrected chi connectivity index (χ2v) is 13.1. The highest BCUT2D eigenvalue weighted by molar-refractivity contribution is 5.84. The predicted octanol–water partition coefficient (Wildman–Crippen LogP) is 9.32. The Balaban J connectivity index is 1.61. The van der Waals surface area contributed by atoms with E-state index in [1.165, 1.54) is 28.1 Å². The fraction of sp³-hybridized carbons (Fsp3) is 0.263. The lowest BCUT2D eigenvalue weighted by atomic mass is 9.87. The van der Waals surface area contributed by atoms with Crippen LogP contribution >= 0.6 is 0 Å². The molecule has 0 fully saturated rings. The Morgan fingerprint density at radius 3 is 1.83 bits per heavy atom. The van der Waals surface area contributed by atoms with Gasteiger partial charge in [0.05, 0.1) is 0 Å². The fourth-order valence-corrected chi connectivity index (χ4v) is 5.43. The van der Waals surface area contributed by atoms with Gasteiger partial charge in [0.1, 0.15) is 5.82 Å². The third kappa shape index (κ3) is 5.95. The Kier molecular flexibility index (Phi) is 7.57. The molecule has 0 saturated carbocycles. The number of hydrogen-bond donors (Lipinski definition) is 1. The van der Waals surface area contributed by atoms with Gasteiger partial charge in [-0.25, -0.2) is 0 Å². The van der Waals surface area contributed by atoms with E-state index in [4.69, 9.17) is 5.73 Å². The van der Waals surface area contributed by atoms with Gasteiger partial charge >= 0.3 is 0 Å². The number of benzene rings is 4. The van der Waals surface area contributed by atoms with Gasteiger partial charge < -0.3 is 15.5 Å².